The smallest absolute Gasteiger partial charge is 0.327 e. The minimum atomic E-state index is -4.06. The largest absolute Gasteiger partial charge is 0.468 e. The van der Waals surface area contributed by atoms with Crippen LogP contribution in [0.4, 0.5) is 0 Å². The molecule has 7 nitrogen and oxygen atoms in total. The van der Waals surface area contributed by atoms with Crippen molar-refractivity contribution in [2.75, 3.05) is 20.8 Å². The maximum Gasteiger partial charge on any atom is 0.327 e. The summed E-state index contributed by atoms with van der Waals surface area (Å²) in [5.74, 6) is -1.72. The average Bonchev–Trinajstić information content (AvgIpc) is 2.70. The molecule has 0 atom stereocenters. The Morgan fingerprint density at radius 2 is 1.54 bits per heavy atom. The van der Waals surface area contributed by atoms with E-state index >= 15 is 0 Å². The molecule has 150 valence electrons. The molecule has 2 aromatic carbocycles. The van der Waals surface area contributed by atoms with Crippen LogP contribution in [0.3, 0.4) is 0 Å². The number of esters is 2. The van der Waals surface area contributed by atoms with Gasteiger partial charge in [-0.3, -0.25) is 13.8 Å². The molecule has 0 aliphatic rings. The lowest BCUT2D eigenvalue weighted by Gasteiger charge is -2.28. The highest BCUT2D eigenvalue weighted by Crippen LogP contribution is 2.32. The normalized spacial score (nSPS) is 11.7. The average molecular weight is 406 g/mol. The van der Waals surface area contributed by atoms with Gasteiger partial charge >= 0.3 is 11.9 Å². The van der Waals surface area contributed by atoms with Gasteiger partial charge in [-0.2, -0.15) is 8.42 Å². The van der Waals surface area contributed by atoms with E-state index in [0.717, 1.165) is 19.8 Å². The van der Waals surface area contributed by atoms with E-state index in [9.17, 15) is 18.0 Å². The molecule has 2 aromatic rings. The molecule has 2 rings (SSSR count). The van der Waals surface area contributed by atoms with E-state index in [1.54, 1.807) is 49.4 Å². The van der Waals surface area contributed by atoms with E-state index in [1.807, 2.05) is 0 Å². The number of ether oxygens (including phenoxy) is 2. The molecular formula is C20H22O7S. The standard InChI is InChI=1S/C20H22O7S/c1-15-8-7-11-17(14-15)28(23,24)27-13-12-20(18(21)25-2,19(22)26-3)16-9-5-4-6-10-16/h4-11,14H,12-13H2,1-3H3. The van der Waals surface area contributed by atoms with Gasteiger partial charge in [0.25, 0.3) is 10.1 Å². The maximum atomic E-state index is 12.6. The molecule has 0 saturated carbocycles. The van der Waals surface area contributed by atoms with E-state index in [4.69, 9.17) is 13.7 Å². The van der Waals surface area contributed by atoms with Gasteiger partial charge < -0.3 is 9.47 Å². The predicted molar refractivity (Wildman–Crippen MR) is 101 cm³/mol. The first-order valence-electron chi connectivity index (χ1n) is 8.46. The first kappa shape index (κ1) is 21.6. The van der Waals surface area contributed by atoms with Crippen LogP contribution in [-0.4, -0.2) is 41.2 Å². The highest BCUT2D eigenvalue weighted by Gasteiger charge is 2.50. The Hall–Kier alpha value is -2.71. The lowest BCUT2D eigenvalue weighted by molar-refractivity contribution is -0.162. The number of carbonyl (C=O) groups is 2. The first-order valence-corrected chi connectivity index (χ1v) is 9.87. The van der Waals surface area contributed by atoms with Gasteiger partial charge in [-0.1, -0.05) is 42.5 Å². The molecule has 0 amide bonds. The Morgan fingerprint density at radius 3 is 2.07 bits per heavy atom. The number of hydrogen-bond donors (Lipinski definition) is 0. The van der Waals surface area contributed by atoms with Gasteiger partial charge in [0, 0.05) is 6.42 Å². The van der Waals surface area contributed by atoms with Gasteiger partial charge in [0.15, 0.2) is 5.41 Å². The second-order valence-electron chi connectivity index (χ2n) is 6.10. The molecule has 8 heteroatoms. The van der Waals surface area contributed by atoms with Crippen molar-refractivity contribution >= 4 is 22.1 Å². The van der Waals surface area contributed by atoms with Crippen molar-refractivity contribution < 1.29 is 31.7 Å². The van der Waals surface area contributed by atoms with Crippen LogP contribution >= 0.6 is 0 Å². The van der Waals surface area contributed by atoms with Crippen LogP contribution in [0.5, 0.6) is 0 Å². The summed E-state index contributed by atoms with van der Waals surface area (Å²) in [6, 6.07) is 14.4. The summed E-state index contributed by atoms with van der Waals surface area (Å²) in [6.45, 7) is 1.34. The van der Waals surface area contributed by atoms with E-state index in [2.05, 4.69) is 0 Å². The number of carbonyl (C=O) groups excluding carboxylic acids is 2. The Morgan fingerprint density at radius 1 is 0.929 bits per heavy atom. The third-order valence-electron chi connectivity index (χ3n) is 4.33. The summed E-state index contributed by atoms with van der Waals surface area (Å²) >= 11 is 0. The summed E-state index contributed by atoms with van der Waals surface area (Å²) in [6.07, 6.45) is -0.276. The van der Waals surface area contributed by atoms with Gasteiger partial charge in [0.1, 0.15) is 0 Å². The fraction of sp³-hybridized carbons (Fsp3) is 0.300. The molecule has 0 radical (unpaired) electrons. The summed E-state index contributed by atoms with van der Waals surface area (Å²) in [5.41, 5.74) is -0.759. The van der Waals surface area contributed by atoms with Gasteiger partial charge in [0.05, 0.1) is 25.7 Å². The van der Waals surface area contributed by atoms with Gasteiger partial charge in [-0.25, -0.2) is 0 Å². The van der Waals surface area contributed by atoms with E-state index in [1.165, 1.54) is 12.1 Å². The molecule has 0 saturated heterocycles. The summed E-state index contributed by atoms with van der Waals surface area (Å²) in [5, 5.41) is 0. The van der Waals surface area contributed by atoms with Crippen molar-refractivity contribution in [3.8, 4) is 0 Å². The van der Waals surface area contributed by atoms with Gasteiger partial charge in [-0.15, -0.1) is 0 Å². The second-order valence-corrected chi connectivity index (χ2v) is 7.71. The van der Waals surface area contributed by atoms with Crippen molar-refractivity contribution in [2.24, 2.45) is 0 Å². The minimum absolute atomic E-state index is 0.00560. The summed E-state index contributed by atoms with van der Waals surface area (Å²) in [4.78, 5) is 25.1. The Balaban J connectivity index is 2.33. The Bertz CT molecular complexity index is 920. The van der Waals surface area contributed by atoms with Crippen molar-refractivity contribution in [3.63, 3.8) is 0 Å². The molecule has 0 heterocycles. The number of aryl methyl sites for hydroxylation is 1. The van der Waals surface area contributed by atoms with Crippen molar-refractivity contribution in [2.45, 2.75) is 23.7 Å². The van der Waals surface area contributed by atoms with E-state index in [0.29, 0.717) is 5.56 Å². The Labute approximate surface area is 164 Å². The minimum Gasteiger partial charge on any atom is -0.468 e. The van der Waals surface area contributed by atoms with Crippen LogP contribution < -0.4 is 0 Å². The zero-order chi connectivity index (χ0) is 20.8. The zero-order valence-electron chi connectivity index (χ0n) is 15.9. The van der Waals surface area contributed by atoms with Crippen LogP contribution in [0.25, 0.3) is 0 Å². The van der Waals surface area contributed by atoms with Gasteiger partial charge in [0.2, 0.25) is 0 Å². The van der Waals surface area contributed by atoms with Crippen LogP contribution in [-0.2, 0) is 38.8 Å². The number of rotatable bonds is 8. The van der Waals surface area contributed by atoms with E-state index < -0.39 is 34.1 Å². The summed E-state index contributed by atoms with van der Waals surface area (Å²) < 4.78 is 39.6. The molecule has 0 bridgehead atoms. The third kappa shape index (κ3) is 4.40. The van der Waals surface area contributed by atoms with Crippen molar-refractivity contribution in [3.05, 3.63) is 65.7 Å². The fourth-order valence-corrected chi connectivity index (χ4v) is 3.90. The van der Waals surface area contributed by atoms with E-state index in [-0.39, 0.29) is 11.3 Å². The molecule has 0 N–H and O–H groups in total. The fourth-order valence-electron chi connectivity index (χ4n) is 2.88. The lowest BCUT2D eigenvalue weighted by atomic mass is 9.77. The first-order chi connectivity index (χ1) is 13.3. The van der Waals surface area contributed by atoms with Crippen molar-refractivity contribution in [1.29, 1.82) is 0 Å². The second kappa shape index (κ2) is 8.99. The molecule has 28 heavy (non-hydrogen) atoms. The maximum absolute atomic E-state index is 12.6. The highest BCUT2D eigenvalue weighted by molar-refractivity contribution is 7.86. The predicted octanol–water partition coefficient (Wildman–Crippen LogP) is 2.37. The topological polar surface area (TPSA) is 96.0 Å². The monoisotopic (exact) mass is 406 g/mol. The number of hydrogen-bond acceptors (Lipinski definition) is 7. The molecule has 0 aromatic heterocycles. The molecule has 0 unspecified atom stereocenters. The number of methoxy groups -OCH3 is 2. The SMILES string of the molecule is COC(=O)C(CCOS(=O)(=O)c1cccc(C)c1)(C(=O)OC)c1ccccc1. The molecular weight excluding hydrogens is 384 g/mol. The van der Waals surface area contributed by atoms with Gasteiger partial charge in [-0.05, 0) is 30.2 Å². The Kier molecular flexibility index (Phi) is 6.93. The molecule has 0 aliphatic carbocycles. The third-order valence-corrected chi connectivity index (χ3v) is 5.64. The van der Waals surface area contributed by atoms with Crippen LogP contribution in [0, 0.1) is 6.92 Å². The zero-order valence-corrected chi connectivity index (χ0v) is 16.7. The van der Waals surface area contributed by atoms with Crippen LogP contribution in [0.15, 0.2) is 59.5 Å². The summed E-state index contributed by atoms with van der Waals surface area (Å²) in [7, 11) is -1.76. The van der Waals surface area contributed by atoms with Crippen molar-refractivity contribution in [1.82, 2.24) is 0 Å². The van der Waals surface area contributed by atoms with Crippen LogP contribution in [0.1, 0.15) is 17.5 Å². The number of benzene rings is 2. The van der Waals surface area contributed by atoms with Crippen LogP contribution in [0.2, 0.25) is 0 Å². The quantitative estimate of drug-likeness (QED) is 0.377. The highest BCUT2D eigenvalue weighted by atomic mass is 32.2. The molecule has 0 spiro atoms. The lowest BCUT2D eigenvalue weighted by Crippen LogP contribution is -2.46. The molecule has 0 fully saturated rings. The molecule has 0 aliphatic heterocycles.